The Morgan fingerprint density at radius 1 is 0.514 bits per heavy atom. The molecular formula is C61H115N2O6P. The van der Waals surface area contributed by atoms with Gasteiger partial charge in [-0.05, 0) is 57.8 Å². The zero-order valence-corrected chi connectivity index (χ0v) is 47.6. The fourth-order valence-corrected chi connectivity index (χ4v) is 9.38. The molecule has 410 valence electrons. The third-order valence-corrected chi connectivity index (χ3v) is 14.2. The number of unbranched alkanes of at least 4 members (excludes halogenated alkanes) is 31. The largest absolute Gasteiger partial charge is 0.756 e. The molecule has 0 bridgehead atoms. The first kappa shape index (κ1) is 68.2. The summed E-state index contributed by atoms with van der Waals surface area (Å²) in [5.41, 5.74) is 0. The molecule has 0 rings (SSSR count). The number of likely N-dealkylation sites (N-methyl/N-ethyl adjacent to an activating group) is 1. The predicted molar refractivity (Wildman–Crippen MR) is 302 cm³/mol. The van der Waals surface area contributed by atoms with Crippen LogP contribution >= 0.6 is 7.82 Å². The summed E-state index contributed by atoms with van der Waals surface area (Å²) in [4.78, 5) is 25.6. The van der Waals surface area contributed by atoms with E-state index in [2.05, 4.69) is 79.9 Å². The molecule has 1 amide bonds. The first-order valence-corrected chi connectivity index (χ1v) is 31.1. The lowest BCUT2D eigenvalue weighted by Crippen LogP contribution is -2.46. The van der Waals surface area contributed by atoms with Crippen molar-refractivity contribution in [3.63, 3.8) is 0 Å². The molecule has 0 saturated heterocycles. The van der Waals surface area contributed by atoms with Gasteiger partial charge < -0.3 is 28.8 Å². The summed E-state index contributed by atoms with van der Waals surface area (Å²) in [6.07, 6.45) is 69.6. The molecule has 0 saturated carbocycles. The van der Waals surface area contributed by atoms with Crippen LogP contribution in [-0.4, -0.2) is 68.5 Å². The molecule has 0 fully saturated rings. The number of quaternary nitrogens is 1. The molecule has 0 aromatic heterocycles. The van der Waals surface area contributed by atoms with E-state index in [9.17, 15) is 19.4 Å². The van der Waals surface area contributed by atoms with Crippen LogP contribution in [0.3, 0.4) is 0 Å². The van der Waals surface area contributed by atoms with Crippen molar-refractivity contribution in [2.75, 3.05) is 40.9 Å². The van der Waals surface area contributed by atoms with Gasteiger partial charge in [0.05, 0.1) is 39.9 Å². The number of phosphoric ester groups is 1. The Hall–Kier alpha value is -1.80. The van der Waals surface area contributed by atoms with E-state index in [1.807, 2.05) is 21.1 Å². The zero-order valence-electron chi connectivity index (χ0n) is 46.7. The predicted octanol–water partition coefficient (Wildman–Crippen LogP) is 17.5. The van der Waals surface area contributed by atoms with E-state index in [1.54, 1.807) is 0 Å². The van der Waals surface area contributed by atoms with Crippen molar-refractivity contribution in [1.82, 2.24) is 5.32 Å². The van der Waals surface area contributed by atoms with E-state index >= 15 is 0 Å². The third kappa shape index (κ3) is 54.0. The first-order valence-electron chi connectivity index (χ1n) is 29.6. The van der Waals surface area contributed by atoms with E-state index in [-0.39, 0.29) is 19.1 Å². The maximum Gasteiger partial charge on any atom is 0.268 e. The molecule has 0 spiro atoms. The molecule has 0 aromatic carbocycles. The number of aliphatic hydroxyl groups excluding tert-OH is 1. The quantitative estimate of drug-likeness (QED) is 0.0272. The Kier molecular flexibility index (Phi) is 50.7. The van der Waals surface area contributed by atoms with Gasteiger partial charge in [0.15, 0.2) is 0 Å². The zero-order chi connectivity index (χ0) is 51.3. The summed E-state index contributed by atoms with van der Waals surface area (Å²) in [6, 6.07) is -0.806. The number of aliphatic hydroxyl groups is 1. The Morgan fingerprint density at radius 3 is 1.27 bits per heavy atom. The van der Waals surface area contributed by atoms with Gasteiger partial charge in [-0.25, -0.2) is 0 Å². The van der Waals surface area contributed by atoms with Crippen LogP contribution in [0.1, 0.15) is 271 Å². The van der Waals surface area contributed by atoms with Crippen LogP contribution in [0.15, 0.2) is 60.8 Å². The molecule has 70 heavy (non-hydrogen) atoms. The number of nitrogens with zero attached hydrogens (tertiary/aromatic N) is 1. The summed E-state index contributed by atoms with van der Waals surface area (Å²) >= 11 is 0. The van der Waals surface area contributed by atoms with Gasteiger partial charge in [0.25, 0.3) is 7.82 Å². The summed E-state index contributed by atoms with van der Waals surface area (Å²) in [6.45, 7) is 4.63. The second kappa shape index (κ2) is 52.1. The Labute approximate surface area is 434 Å². The van der Waals surface area contributed by atoms with Crippen LogP contribution in [-0.2, 0) is 18.4 Å². The van der Waals surface area contributed by atoms with Gasteiger partial charge in [-0.15, -0.1) is 0 Å². The second-order valence-corrected chi connectivity index (χ2v) is 22.7. The number of carbonyl (C=O) groups excluding carboxylic acids is 1. The van der Waals surface area contributed by atoms with E-state index in [1.165, 1.54) is 173 Å². The lowest BCUT2D eigenvalue weighted by Gasteiger charge is -2.30. The van der Waals surface area contributed by atoms with E-state index in [4.69, 9.17) is 9.05 Å². The van der Waals surface area contributed by atoms with Crippen molar-refractivity contribution in [2.45, 2.75) is 283 Å². The highest BCUT2D eigenvalue weighted by Gasteiger charge is 2.24. The molecule has 0 aromatic rings. The minimum Gasteiger partial charge on any atom is -0.756 e. The van der Waals surface area contributed by atoms with Crippen molar-refractivity contribution in [1.29, 1.82) is 0 Å². The first-order chi connectivity index (χ1) is 34.0. The molecule has 0 radical (unpaired) electrons. The summed E-state index contributed by atoms with van der Waals surface area (Å²) < 4.78 is 23.4. The van der Waals surface area contributed by atoms with Crippen LogP contribution in [0.5, 0.6) is 0 Å². The van der Waals surface area contributed by atoms with Gasteiger partial charge in [-0.1, -0.05) is 267 Å². The normalized spacial score (nSPS) is 14.3. The van der Waals surface area contributed by atoms with Crippen LogP contribution in [0.2, 0.25) is 0 Å². The molecule has 8 nitrogen and oxygen atoms in total. The van der Waals surface area contributed by atoms with Crippen LogP contribution < -0.4 is 10.2 Å². The molecule has 9 heteroatoms. The standard InChI is InChI=1S/C61H115N2O6P/c1-6-8-10-12-14-16-18-20-22-24-26-28-29-30-31-32-33-35-37-39-41-43-45-47-49-51-53-55-61(65)62-59(58-69-70(66,67)68-57-56-63(3,4)5)60(64)54-52-50-48-46-44-42-40-38-36-34-27-25-23-21-19-17-15-13-11-9-7-2/h8,10,14,16,20,22,26,28,30-31,59-60,64H,6-7,9,11-13,15,17-19,21,23-25,27,29,32-58H2,1-5H3,(H-,62,65,66,67)/b10-8-,16-14-,22-20-,28-26-,31-30-. The number of nitrogens with one attached hydrogen (secondary N) is 1. The molecule has 0 aliphatic heterocycles. The van der Waals surface area contributed by atoms with Gasteiger partial charge in [0, 0.05) is 6.42 Å². The van der Waals surface area contributed by atoms with Crippen LogP contribution in [0, 0.1) is 0 Å². The van der Waals surface area contributed by atoms with Gasteiger partial charge in [0.1, 0.15) is 13.2 Å². The van der Waals surface area contributed by atoms with Crippen LogP contribution in [0.4, 0.5) is 0 Å². The maximum atomic E-state index is 13.0. The molecule has 0 aliphatic carbocycles. The highest BCUT2D eigenvalue weighted by Crippen LogP contribution is 2.38. The summed E-state index contributed by atoms with van der Waals surface area (Å²) in [7, 11) is 1.30. The van der Waals surface area contributed by atoms with Crippen molar-refractivity contribution in [3.05, 3.63) is 60.8 Å². The number of phosphoric acid groups is 1. The highest BCUT2D eigenvalue weighted by molar-refractivity contribution is 7.45. The van der Waals surface area contributed by atoms with Gasteiger partial charge in [-0.3, -0.25) is 9.36 Å². The maximum absolute atomic E-state index is 13.0. The molecule has 2 N–H and O–H groups in total. The summed E-state index contributed by atoms with van der Waals surface area (Å²) in [5.74, 6) is -0.167. The SMILES string of the molecule is CC/C=C\C/C=C\C/C=C\C/C=C\C/C=C\CCCCCCCCCCCCCC(=O)NC(COP(=O)([O-])OCC[N+](C)(C)C)C(O)CCCCCCCCCCCCCCCCCCCCCCC. The van der Waals surface area contributed by atoms with E-state index in [0.29, 0.717) is 23.9 Å². The Balaban J connectivity index is 4.16. The topological polar surface area (TPSA) is 108 Å². The monoisotopic (exact) mass is 1000 g/mol. The number of hydrogen-bond donors (Lipinski definition) is 2. The smallest absolute Gasteiger partial charge is 0.268 e. The molecule has 3 unspecified atom stereocenters. The van der Waals surface area contributed by atoms with E-state index in [0.717, 1.165) is 70.6 Å². The molecular weight excluding hydrogens is 888 g/mol. The fraction of sp³-hybridized carbons (Fsp3) is 0.820. The lowest BCUT2D eigenvalue weighted by molar-refractivity contribution is -0.870. The molecule has 0 aliphatic rings. The average Bonchev–Trinajstić information content (AvgIpc) is 3.32. The molecule has 3 atom stereocenters. The fourth-order valence-electron chi connectivity index (χ4n) is 8.66. The number of allylic oxidation sites excluding steroid dienone is 10. The number of carbonyl (C=O) groups is 1. The minimum absolute atomic E-state index is 0.0102. The van der Waals surface area contributed by atoms with Crippen molar-refractivity contribution >= 4 is 13.7 Å². The number of amides is 1. The van der Waals surface area contributed by atoms with Gasteiger partial charge in [-0.2, -0.15) is 0 Å². The van der Waals surface area contributed by atoms with Crippen LogP contribution in [0.25, 0.3) is 0 Å². The highest BCUT2D eigenvalue weighted by atomic mass is 31.2. The van der Waals surface area contributed by atoms with Crippen molar-refractivity contribution < 1.29 is 32.9 Å². The third-order valence-electron chi connectivity index (χ3n) is 13.3. The Morgan fingerprint density at radius 2 is 0.871 bits per heavy atom. The van der Waals surface area contributed by atoms with E-state index < -0.39 is 20.0 Å². The number of rotatable bonds is 54. The van der Waals surface area contributed by atoms with Gasteiger partial charge >= 0.3 is 0 Å². The average molecular weight is 1000 g/mol. The second-order valence-electron chi connectivity index (χ2n) is 21.3. The van der Waals surface area contributed by atoms with Gasteiger partial charge in [0.2, 0.25) is 5.91 Å². The lowest BCUT2D eigenvalue weighted by atomic mass is 10.0. The molecule has 0 heterocycles. The Bertz CT molecular complexity index is 1320. The minimum atomic E-state index is -4.58. The summed E-state index contributed by atoms with van der Waals surface area (Å²) in [5, 5.41) is 14.0. The number of hydrogen-bond acceptors (Lipinski definition) is 6. The van der Waals surface area contributed by atoms with Crippen molar-refractivity contribution in [2.24, 2.45) is 0 Å². The van der Waals surface area contributed by atoms with Crippen molar-refractivity contribution in [3.8, 4) is 0 Å².